The third-order valence-electron chi connectivity index (χ3n) is 6.97. The number of benzene rings is 2. The number of methoxy groups -OCH3 is 1. The largest absolute Gasteiger partial charge is 0.497 e. The second-order valence-electron chi connectivity index (χ2n) is 11.1. The van der Waals surface area contributed by atoms with Crippen LogP contribution in [0.5, 0.6) is 5.75 Å². The zero-order valence-electron chi connectivity index (χ0n) is 25.3. The van der Waals surface area contributed by atoms with Gasteiger partial charge in [-0.05, 0) is 66.8 Å². The van der Waals surface area contributed by atoms with Gasteiger partial charge in [0.05, 0.1) is 25.5 Å². The van der Waals surface area contributed by atoms with Gasteiger partial charge in [0.25, 0.3) is 0 Å². The first-order chi connectivity index (χ1) is 18.7. The maximum Gasteiger partial charge on any atom is 0.222 e. The van der Waals surface area contributed by atoms with Gasteiger partial charge in [-0.3, -0.25) is 9.79 Å². The Bertz CT molecular complexity index is 1030. The Kier molecular flexibility index (Phi) is 14.0. The van der Waals surface area contributed by atoms with Crippen LogP contribution >= 0.6 is 0 Å². The molecule has 2 aromatic carbocycles. The fraction of sp³-hybridized carbons (Fsp3) is 0.529. The van der Waals surface area contributed by atoms with Gasteiger partial charge in [-0.15, -0.1) is 0 Å². The Balaban J connectivity index is 0.000000370. The molecule has 214 valence electrons. The molecule has 0 aromatic heterocycles. The quantitative estimate of drug-likeness (QED) is 0.259. The second-order valence-corrected chi connectivity index (χ2v) is 11.1. The zero-order valence-corrected chi connectivity index (χ0v) is 25.3. The lowest BCUT2D eigenvalue weighted by Crippen LogP contribution is -2.34. The Morgan fingerprint density at radius 1 is 1.03 bits per heavy atom. The summed E-state index contributed by atoms with van der Waals surface area (Å²) in [5, 5.41) is 0. The smallest absolute Gasteiger partial charge is 0.222 e. The molecule has 0 aliphatic carbocycles. The van der Waals surface area contributed by atoms with Crippen molar-refractivity contribution in [1.82, 2.24) is 4.90 Å². The van der Waals surface area contributed by atoms with Crippen LogP contribution in [0.4, 0.5) is 0 Å². The van der Waals surface area contributed by atoms with Crippen molar-refractivity contribution in [2.75, 3.05) is 26.9 Å². The van der Waals surface area contributed by atoms with Crippen LogP contribution in [0.3, 0.4) is 0 Å². The van der Waals surface area contributed by atoms with Gasteiger partial charge in [-0.1, -0.05) is 83.5 Å². The van der Waals surface area contributed by atoms with Gasteiger partial charge in [-0.25, -0.2) is 0 Å². The van der Waals surface area contributed by atoms with Gasteiger partial charge in [0.1, 0.15) is 5.75 Å². The number of ether oxygens (including phenoxy) is 2. The van der Waals surface area contributed by atoms with Crippen molar-refractivity contribution >= 4 is 12.1 Å². The minimum Gasteiger partial charge on any atom is -0.497 e. The lowest BCUT2D eigenvalue weighted by Gasteiger charge is -2.30. The number of allylic oxidation sites excluding steroid dienone is 1. The van der Waals surface area contributed by atoms with Crippen molar-refractivity contribution in [3.8, 4) is 5.75 Å². The van der Waals surface area contributed by atoms with E-state index in [-0.39, 0.29) is 17.4 Å². The summed E-state index contributed by atoms with van der Waals surface area (Å²) in [6.07, 6.45) is 10.0. The Morgan fingerprint density at radius 2 is 1.72 bits per heavy atom. The molecule has 1 heterocycles. The summed E-state index contributed by atoms with van der Waals surface area (Å²) < 4.78 is 10.6. The number of carbonyl (C=O) groups excluding carboxylic acids is 1. The monoisotopic (exact) mass is 534 g/mol. The maximum atomic E-state index is 12.6. The lowest BCUT2D eigenvalue weighted by molar-refractivity contribution is -0.133. The zero-order chi connectivity index (χ0) is 28.7. The van der Waals surface area contributed by atoms with E-state index in [1.54, 1.807) is 7.11 Å². The molecule has 2 aromatic rings. The normalized spacial score (nSPS) is 13.7. The van der Waals surface area contributed by atoms with E-state index in [1.807, 2.05) is 30.2 Å². The van der Waals surface area contributed by atoms with Gasteiger partial charge in [0.15, 0.2) is 0 Å². The Hall–Kier alpha value is -2.92. The molecule has 0 saturated carbocycles. The van der Waals surface area contributed by atoms with Crippen molar-refractivity contribution in [2.45, 2.75) is 91.5 Å². The molecule has 1 aliphatic heterocycles. The number of nitrogens with zero attached hydrogens (tertiary/aromatic N) is 2. The van der Waals surface area contributed by atoms with Crippen LogP contribution < -0.4 is 4.74 Å². The molecule has 0 N–H and O–H groups in total. The molecule has 0 fully saturated rings. The lowest BCUT2D eigenvalue weighted by atomic mass is 9.86. The van der Waals surface area contributed by atoms with Crippen LogP contribution in [-0.4, -0.2) is 43.9 Å². The first kappa shape index (κ1) is 32.3. The van der Waals surface area contributed by atoms with E-state index in [1.165, 1.54) is 23.1 Å². The van der Waals surface area contributed by atoms with E-state index < -0.39 is 0 Å². The van der Waals surface area contributed by atoms with E-state index in [9.17, 15) is 4.79 Å². The summed E-state index contributed by atoms with van der Waals surface area (Å²) in [6, 6.07) is 16.8. The number of carbonyl (C=O) groups is 1. The number of unbranched alkanes of at least 4 members (excludes halogenated alkanes) is 1. The van der Waals surface area contributed by atoms with Crippen LogP contribution in [-0.2, 0) is 21.4 Å². The minimum atomic E-state index is 0.0599. The average molecular weight is 535 g/mol. The molecule has 0 radical (unpaired) electrons. The number of hydrogen-bond acceptors (Lipinski definition) is 4. The van der Waals surface area contributed by atoms with Crippen LogP contribution in [0.15, 0.2) is 65.3 Å². The molecule has 39 heavy (non-hydrogen) atoms. The number of hydrogen-bond donors (Lipinski definition) is 0. The third kappa shape index (κ3) is 11.4. The summed E-state index contributed by atoms with van der Waals surface area (Å²) in [5.74, 6) is 1.04. The van der Waals surface area contributed by atoms with Gasteiger partial charge < -0.3 is 14.4 Å². The second kappa shape index (κ2) is 16.9. The highest BCUT2D eigenvalue weighted by Crippen LogP contribution is 2.27. The van der Waals surface area contributed by atoms with Crippen molar-refractivity contribution in [3.63, 3.8) is 0 Å². The molecule has 1 atom stereocenters. The summed E-state index contributed by atoms with van der Waals surface area (Å²) in [5.41, 5.74) is 4.93. The van der Waals surface area contributed by atoms with E-state index in [0.29, 0.717) is 19.6 Å². The molecule has 3 rings (SSSR count). The molecule has 0 saturated heterocycles. The highest BCUT2D eigenvalue weighted by atomic mass is 16.5. The third-order valence-corrected chi connectivity index (χ3v) is 6.97. The topological polar surface area (TPSA) is 51.1 Å². The summed E-state index contributed by atoms with van der Waals surface area (Å²) in [4.78, 5) is 18.8. The van der Waals surface area contributed by atoms with Crippen LogP contribution in [0.1, 0.15) is 96.4 Å². The molecule has 5 heteroatoms. The molecule has 0 spiro atoms. The highest BCUT2D eigenvalue weighted by Gasteiger charge is 2.21. The summed E-state index contributed by atoms with van der Waals surface area (Å²) in [6.45, 7) is 15.1. The maximum absolute atomic E-state index is 12.6. The Morgan fingerprint density at radius 3 is 2.26 bits per heavy atom. The van der Waals surface area contributed by atoms with Crippen molar-refractivity contribution in [3.05, 3.63) is 77.0 Å². The molecule has 5 nitrogen and oxygen atoms in total. The van der Waals surface area contributed by atoms with Crippen molar-refractivity contribution in [2.24, 2.45) is 4.99 Å². The fourth-order valence-corrected chi connectivity index (χ4v) is 4.30. The molecular weight excluding hydrogens is 484 g/mol. The van der Waals surface area contributed by atoms with E-state index in [2.05, 4.69) is 82.1 Å². The van der Waals surface area contributed by atoms with Gasteiger partial charge in [0.2, 0.25) is 5.91 Å². The summed E-state index contributed by atoms with van der Waals surface area (Å²) in [7, 11) is 1.67. The average Bonchev–Trinajstić information content (AvgIpc) is 2.96. The molecule has 1 amide bonds. The first-order valence-corrected chi connectivity index (χ1v) is 14.5. The van der Waals surface area contributed by atoms with E-state index >= 15 is 0 Å². The predicted molar refractivity (Wildman–Crippen MR) is 164 cm³/mol. The van der Waals surface area contributed by atoms with E-state index in [4.69, 9.17) is 9.47 Å². The number of rotatable bonds is 12. The van der Waals surface area contributed by atoms with Crippen LogP contribution in [0.25, 0.3) is 0 Å². The van der Waals surface area contributed by atoms with Crippen LogP contribution in [0, 0.1) is 0 Å². The SMILES string of the molecule is CCC(=O)N(CCc1ccc(OC)cc1)C(C)c1ccc(C(C)(C)C)cc1.CCCCOCC1=CCCC=N1. The van der Waals surface area contributed by atoms with Gasteiger partial charge >= 0.3 is 0 Å². The van der Waals surface area contributed by atoms with Crippen molar-refractivity contribution in [1.29, 1.82) is 0 Å². The standard InChI is InChI=1S/C24H33NO2.C10H17NO/c1-7-23(26)25(17-16-19-8-14-22(27-6)15-9-19)18(2)20-10-12-21(13-11-20)24(3,4)5;1-2-3-8-12-9-10-6-4-5-7-11-10/h8-15,18H,7,16-17H2,1-6H3;6-7H,2-5,8-9H2,1H3. The van der Waals surface area contributed by atoms with Gasteiger partial charge in [0, 0.05) is 25.8 Å². The Labute approximate surface area is 237 Å². The minimum absolute atomic E-state index is 0.0599. The van der Waals surface area contributed by atoms with Crippen LogP contribution in [0.2, 0.25) is 0 Å². The fourth-order valence-electron chi connectivity index (χ4n) is 4.30. The van der Waals surface area contributed by atoms with Crippen molar-refractivity contribution < 1.29 is 14.3 Å². The molecule has 1 unspecified atom stereocenters. The molecular formula is C34H50N2O3. The summed E-state index contributed by atoms with van der Waals surface area (Å²) >= 11 is 0. The van der Waals surface area contributed by atoms with E-state index in [0.717, 1.165) is 43.7 Å². The highest BCUT2D eigenvalue weighted by molar-refractivity contribution is 5.76. The first-order valence-electron chi connectivity index (χ1n) is 14.5. The molecule has 0 bridgehead atoms. The predicted octanol–water partition coefficient (Wildman–Crippen LogP) is 8.09. The molecule has 1 aliphatic rings. The van der Waals surface area contributed by atoms with Gasteiger partial charge in [-0.2, -0.15) is 0 Å². The number of amides is 1. The number of aliphatic imine (C=N–C) groups is 1.